The fraction of sp³-hybridized carbons (Fsp3) is 0.400. The van der Waals surface area contributed by atoms with Crippen molar-refractivity contribution >= 4 is 0 Å². The third-order valence-electron chi connectivity index (χ3n) is 6.94. The lowest BCUT2D eigenvalue weighted by Gasteiger charge is -2.40. The summed E-state index contributed by atoms with van der Waals surface area (Å²) in [5.41, 5.74) is 3.03. The van der Waals surface area contributed by atoms with Crippen LogP contribution < -0.4 is 4.74 Å². The van der Waals surface area contributed by atoms with Crippen molar-refractivity contribution in [3.63, 3.8) is 0 Å². The van der Waals surface area contributed by atoms with Crippen LogP contribution in [0, 0.1) is 6.92 Å². The fourth-order valence-corrected chi connectivity index (χ4v) is 5.09. The topological polar surface area (TPSA) is 32.7 Å². The first-order chi connectivity index (χ1) is 16.1. The highest BCUT2D eigenvalue weighted by Gasteiger charge is 2.42. The summed E-state index contributed by atoms with van der Waals surface area (Å²) in [5, 5.41) is 12.7. The summed E-state index contributed by atoms with van der Waals surface area (Å²) in [6.07, 6.45) is 5.06. The zero-order valence-corrected chi connectivity index (χ0v) is 20.0. The van der Waals surface area contributed by atoms with E-state index in [0.29, 0.717) is 6.61 Å². The summed E-state index contributed by atoms with van der Waals surface area (Å²) in [6, 6.07) is 26.9. The molecule has 0 amide bonds. The van der Waals surface area contributed by atoms with Crippen LogP contribution in [0.25, 0.3) is 0 Å². The van der Waals surface area contributed by atoms with Crippen molar-refractivity contribution in [3.05, 3.63) is 101 Å². The average Bonchev–Trinajstić information content (AvgIpc) is 3.12. The standard InChI is InChI=1S/C30H37NO2/c1-3-33-28-19-17-27(18-20-28)30(32,26-15-13-24(2)14-16-26)29(25-11-7-6-8-12-25)23-31-21-9-4-5-10-22-31/h6-8,11-20,29,32H,3-5,9-10,21-23H2,1-2H3/t29-,30+/m0/s1. The molecule has 1 aliphatic heterocycles. The molecular formula is C30H37NO2. The van der Waals surface area contributed by atoms with Gasteiger partial charge in [-0.1, -0.05) is 85.1 Å². The summed E-state index contributed by atoms with van der Waals surface area (Å²) in [4.78, 5) is 2.55. The Kier molecular flexibility index (Phi) is 7.85. The molecular weight excluding hydrogens is 406 g/mol. The molecule has 174 valence electrons. The molecule has 0 spiro atoms. The van der Waals surface area contributed by atoms with Crippen molar-refractivity contribution < 1.29 is 9.84 Å². The van der Waals surface area contributed by atoms with E-state index in [1.165, 1.54) is 36.8 Å². The number of rotatable bonds is 8. The van der Waals surface area contributed by atoms with Gasteiger partial charge in [0.05, 0.1) is 6.61 Å². The molecule has 4 rings (SSSR count). The van der Waals surface area contributed by atoms with E-state index in [1.807, 2.05) is 37.3 Å². The Balaban J connectivity index is 1.82. The lowest BCUT2D eigenvalue weighted by Crippen LogP contribution is -2.42. The van der Waals surface area contributed by atoms with Crippen molar-refractivity contribution in [1.82, 2.24) is 4.90 Å². The highest BCUT2D eigenvalue weighted by molar-refractivity contribution is 5.44. The predicted octanol–water partition coefficient (Wildman–Crippen LogP) is 6.29. The Bertz CT molecular complexity index is 976. The van der Waals surface area contributed by atoms with Crippen LogP contribution in [0.1, 0.15) is 60.8 Å². The van der Waals surface area contributed by atoms with Crippen molar-refractivity contribution in [3.8, 4) is 5.75 Å². The molecule has 0 saturated carbocycles. The lowest BCUT2D eigenvalue weighted by atomic mass is 9.72. The molecule has 1 heterocycles. The van der Waals surface area contributed by atoms with Gasteiger partial charge in [-0.2, -0.15) is 0 Å². The van der Waals surface area contributed by atoms with E-state index in [-0.39, 0.29) is 5.92 Å². The van der Waals surface area contributed by atoms with Crippen LogP contribution in [0.2, 0.25) is 0 Å². The highest BCUT2D eigenvalue weighted by Crippen LogP contribution is 2.44. The fourth-order valence-electron chi connectivity index (χ4n) is 5.09. The SMILES string of the molecule is CCOc1ccc([C@](O)(c2ccc(C)cc2)[C@@H](CN2CCCCCC2)c2ccccc2)cc1. The van der Waals surface area contributed by atoms with E-state index < -0.39 is 5.60 Å². The zero-order chi connectivity index (χ0) is 23.1. The Hall–Kier alpha value is -2.62. The molecule has 3 aromatic rings. The molecule has 1 fully saturated rings. The predicted molar refractivity (Wildman–Crippen MR) is 136 cm³/mol. The van der Waals surface area contributed by atoms with Crippen molar-refractivity contribution in [2.45, 2.75) is 51.0 Å². The largest absolute Gasteiger partial charge is 0.494 e. The first-order valence-electron chi connectivity index (χ1n) is 12.4. The van der Waals surface area contributed by atoms with Gasteiger partial charge in [-0.25, -0.2) is 0 Å². The highest BCUT2D eigenvalue weighted by atomic mass is 16.5. The van der Waals surface area contributed by atoms with Gasteiger partial charge in [0.2, 0.25) is 0 Å². The number of nitrogens with zero attached hydrogens (tertiary/aromatic N) is 1. The Morgan fingerprint density at radius 3 is 1.97 bits per heavy atom. The average molecular weight is 444 g/mol. The molecule has 3 heteroatoms. The lowest BCUT2D eigenvalue weighted by molar-refractivity contribution is 0.0340. The molecule has 1 aliphatic rings. The van der Waals surface area contributed by atoms with E-state index in [4.69, 9.17) is 4.74 Å². The Morgan fingerprint density at radius 1 is 0.818 bits per heavy atom. The quantitative estimate of drug-likeness (QED) is 0.444. The number of hydrogen-bond donors (Lipinski definition) is 1. The summed E-state index contributed by atoms with van der Waals surface area (Å²) < 4.78 is 5.69. The van der Waals surface area contributed by atoms with Gasteiger partial charge in [0.25, 0.3) is 0 Å². The minimum Gasteiger partial charge on any atom is -0.494 e. The minimum absolute atomic E-state index is 0.0996. The maximum atomic E-state index is 12.7. The maximum absolute atomic E-state index is 12.7. The van der Waals surface area contributed by atoms with Crippen molar-refractivity contribution in [1.29, 1.82) is 0 Å². The monoisotopic (exact) mass is 443 g/mol. The molecule has 3 aromatic carbocycles. The summed E-state index contributed by atoms with van der Waals surface area (Å²) in [7, 11) is 0. The van der Waals surface area contributed by atoms with Gasteiger partial charge in [0.15, 0.2) is 0 Å². The van der Waals surface area contributed by atoms with E-state index in [9.17, 15) is 5.11 Å². The molecule has 0 bridgehead atoms. The summed E-state index contributed by atoms with van der Waals surface area (Å²) in [6.45, 7) is 7.72. The number of ether oxygens (including phenoxy) is 1. The molecule has 3 nitrogen and oxygen atoms in total. The first kappa shape index (κ1) is 23.5. The van der Waals surface area contributed by atoms with Crippen LogP contribution >= 0.6 is 0 Å². The van der Waals surface area contributed by atoms with Crippen LogP contribution in [0.3, 0.4) is 0 Å². The number of hydrogen-bond acceptors (Lipinski definition) is 3. The van der Waals surface area contributed by atoms with Crippen molar-refractivity contribution in [2.75, 3.05) is 26.2 Å². The van der Waals surface area contributed by atoms with Gasteiger partial charge in [0, 0.05) is 12.5 Å². The second kappa shape index (κ2) is 11.0. The van der Waals surface area contributed by atoms with Crippen LogP contribution in [0.4, 0.5) is 0 Å². The molecule has 33 heavy (non-hydrogen) atoms. The van der Waals surface area contributed by atoms with Crippen LogP contribution in [0.5, 0.6) is 5.75 Å². The van der Waals surface area contributed by atoms with E-state index in [0.717, 1.165) is 36.5 Å². The van der Waals surface area contributed by atoms with E-state index >= 15 is 0 Å². The number of benzene rings is 3. The number of likely N-dealkylation sites (tertiary alicyclic amines) is 1. The first-order valence-corrected chi connectivity index (χ1v) is 12.4. The third kappa shape index (κ3) is 5.48. The molecule has 2 atom stereocenters. The molecule has 0 unspecified atom stereocenters. The minimum atomic E-state index is -1.16. The smallest absolute Gasteiger partial charge is 0.123 e. The Labute approximate surface area is 199 Å². The summed E-state index contributed by atoms with van der Waals surface area (Å²) in [5.74, 6) is 0.730. The number of aliphatic hydroxyl groups is 1. The molecule has 1 saturated heterocycles. The van der Waals surface area contributed by atoms with Crippen molar-refractivity contribution in [2.24, 2.45) is 0 Å². The normalized spacial score (nSPS) is 17.7. The van der Waals surface area contributed by atoms with Gasteiger partial charge in [-0.05, 0) is 68.6 Å². The van der Waals surface area contributed by atoms with Crippen LogP contribution in [-0.4, -0.2) is 36.2 Å². The second-order valence-electron chi connectivity index (χ2n) is 9.27. The summed E-state index contributed by atoms with van der Waals surface area (Å²) >= 11 is 0. The maximum Gasteiger partial charge on any atom is 0.123 e. The molecule has 0 aliphatic carbocycles. The van der Waals surface area contributed by atoms with Gasteiger partial charge < -0.3 is 14.7 Å². The number of aryl methyl sites for hydroxylation is 1. The van der Waals surface area contributed by atoms with E-state index in [2.05, 4.69) is 60.4 Å². The second-order valence-corrected chi connectivity index (χ2v) is 9.27. The van der Waals surface area contributed by atoms with Crippen LogP contribution in [0.15, 0.2) is 78.9 Å². The van der Waals surface area contributed by atoms with Crippen LogP contribution in [-0.2, 0) is 5.60 Å². The Morgan fingerprint density at radius 2 is 1.39 bits per heavy atom. The molecule has 1 N–H and O–H groups in total. The van der Waals surface area contributed by atoms with E-state index in [1.54, 1.807) is 0 Å². The zero-order valence-electron chi connectivity index (χ0n) is 20.0. The molecule has 0 aromatic heterocycles. The van der Waals surface area contributed by atoms with Gasteiger partial charge in [0.1, 0.15) is 11.4 Å². The van der Waals surface area contributed by atoms with Gasteiger partial charge in [-0.3, -0.25) is 0 Å². The third-order valence-corrected chi connectivity index (χ3v) is 6.94. The van der Waals surface area contributed by atoms with Gasteiger partial charge >= 0.3 is 0 Å². The molecule has 0 radical (unpaired) electrons. The van der Waals surface area contributed by atoms with Gasteiger partial charge in [-0.15, -0.1) is 0 Å².